The van der Waals surface area contributed by atoms with E-state index in [0.717, 1.165) is 19.6 Å². The maximum atomic E-state index is 12.9. The predicted octanol–water partition coefficient (Wildman–Crippen LogP) is 0.980. The molecule has 2 fully saturated rings. The standard InChI is InChI=1S/C17H23N3O2/c1-18-8-9-20(15(12-18)13-6-4-3-5-7-13)17(22)14-10-16(21)19(2)11-14/h3-7,14-15H,8-12H2,1-2H3/t14-,15-/m0/s1. The fourth-order valence-electron chi connectivity index (χ4n) is 3.41. The predicted molar refractivity (Wildman–Crippen MR) is 84.1 cm³/mol. The van der Waals surface area contributed by atoms with Crippen LogP contribution in [0.1, 0.15) is 18.0 Å². The first-order chi connectivity index (χ1) is 10.6. The van der Waals surface area contributed by atoms with Crippen LogP contribution in [0, 0.1) is 5.92 Å². The Balaban J connectivity index is 1.81. The van der Waals surface area contributed by atoms with Crippen molar-refractivity contribution in [3.8, 4) is 0 Å². The Bertz CT molecular complexity index is 560. The number of likely N-dealkylation sites (N-methyl/N-ethyl adjacent to an activating group) is 1. The average Bonchev–Trinajstić information content (AvgIpc) is 2.87. The first-order valence-electron chi connectivity index (χ1n) is 7.84. The summed E-state index contributed by atoms with van der Waals surface area (Å²) in [4.78, 5) is 30.5. The second-order valence-electron chi connectivity index (χ2n) is 6.40. The van der Waals surface area contributed by atoms with Crippen LogP contribution in [-0.2, 0) is 9.59 Å². The number of carbonyl (C=O) groups is 2. The minimum Gasteiger partial charge on any atom is -0.345 e. The van der Waals surface area contributed by atoms with Crippen LogP contribution >= 0.6 is 0 Å². The van der Waals surface area contributed by atoms with Gasteiger partial charge in [0.1, 0.15) is 0 Å². The number of hydrogen-bond donors (Lipinski definition) is 0. The fraction of sp³-hybridized carbons (Fsp3) is 0.529. The van der Waals surface area contributed by atoms with E-state index in [-0.39, 0.29) is 23.8 Å². The van der Waals surface area contributed by atoms with Crippen LogP contribution in [0.3, 0.4) is 0 Å². The van der Waals surface area contributed by atoms with Crippen LogP contribution in [0.2, 0.25) is 0 Å². The Morgan fingerprint density at radius 3 is 2.45 bits per heavy atom. The first kappa shape index (κ1) is 15.0. The molecule has 2 aliphatic rings. The molecule has 0 spiro atoms. The second-order valence-corrected chi connectivity index (χ2v) is 6.40. The van der Waals surface area contributed by atoms with Gasteiger partial charge in [0.05, 0.1) is 12.0 Å². The van der Waals surface area contributed by atoms with Gasteiger partial charge in [-0.2, -0.15) is 0 Å². The van der Waals surface area contributed by atoms with E-state index in [1.807, 2.05) is 23.1 Å². The summed E-state index contributed by atoms with van der Waals surface area (Å²) in [7, 11) is 3.86. The van der Waals surface area contributed by atoms with Crippen LogP contribution in [0.15, 0.2) is 30.3 Å². The SMILES string of the molecule is CN1CCN(C(=O)[C@H]2CC(=O)N(C)C2)[C@H](c2ccccc2)C1. The van der Waals surface area contributed by atoms with Gasteiger partial charge in [0.15, 0.2) is 0 Å². The molecule has 2 aliphatic heterocycles. The van der Waals surface area contributed by atoms with Crippen LogP contribution in [0.5, 0.6) is 0 Å². The molecular weight excluding hydrogens is 278 g/mol. The summed E-state index contributed by atoms with van der Waals surface area (Å²) in [5.41, 5.74) is 1.17. The molecule has 0 saturated carbocycles. The average molecular weight is 301 g/mol. The van der Waals surface area contributed by atoms with Gasteiger partial charge < -0.3 is 14.7 Å². The van der Waals surface area contributed by atoms with Crippen LogP contribution in [0.25, 0.3) is 0 Å². The molecule has 0 N–H and O–H groups in total. The van der Waals surface area contributed by atoms with Crippen LogP contribution < -0.4 is 0 Å². The first-order valence-corrected chi connectivity index (χ1v) is 7.84. The van der Waals surface area contributed by atoms with Crippen molar-refractivity contribution in [3.63, 3.8) is 0 Å². The fourth-order valence-corrected chi connectivity index (χ4v) is 3.41. The number of carbonyl (C=O) groups excluding carboxylic acids is 2. The summed E-state index contributed by atoms with van der Waals surface area (Å²) < 4.78 is 0. The van der Waals surface area contributed by atoms with Gasteiger partial charge in [-0.3, -0.25) is 9.59 Å². The number of rotatable bonds is 2. The van der Waals surface area contributed by atoms with Crippen LogP contribution in [-0.4, -0.2) is 66.8 Å². The molecule has 2 heterocycles. The number of hydrogen-bond acceptors (Lipinski definition) is 3. The Hall–Kier alpha value is -1.88. The maximum absolute atomic E-state index is 12.9. The van der Waals surface area contributed by atoms with Gasteiger partial charge >= 0.3 is 0 Å². The Morgan fingerprint density at radius 1 is 1.09 bits per heavy atom. The normalized spacial score (nSPS) is 26.5. The van der Waals surface area contributed by atoms with E-state index in [0.29, 0.717) is 13.0 Å². The summed E-state index contributed by atoms with van der Waals surface area (Å²) in [5.74, 6) is 0.00973. The molecular formula is C17H23N3O2. The third-order valence-electron chi connectivity index (χ3n) is 4.74. The molecule has 2 amide bonds. The maximum Gasteiger partial charge on any atom is 0.228 e. The van der Waals surface area contributed by atoms with E-state index in [9.17, 15) is 9.59 Å². The third-order valence-corrected chi connectivity index (χ3v) is 4.74. The molecule has 0 unspecified atom stereocenters. The molecule has 1 aromatic carbocycles. The molecule has 0 aliphatic carbocycles. The minimum atomic E-state index is -0.188. The molecule has 0 aromatic heterocycles. The summed E-state index contributed by atoms with van der Waals surface area (Å²) in [5, 5.41) is 0. The summed E-state index contributed by atoms with van der Waals surface area (Å²) in [6, 6.07) is 10.3. The molecule has 1 aromatic rings. The lowest BCUT2D eigenvalue weighted by atomic mass is 9.99. The highest BCUT2D eigenvalue weighted by molar-refractivity contribution is 5.89. The number of nitrogens with zero attached hydrogens (tertiary/aromatic N) is 3. The smallest absolute Gasteiger partial charge is 0.228 e. The molecule has 3 rings (SSSR count). The third kappa shape index (κ3) is 2.86. The van der Waals surface area contributed by atoms with Crippen molar-refractivity contribution in [3.05, 3.63) is 35.9 Å². The largest absolute Gasteiger partial charge is 0.345 e. The van der Waals surface area contributed by atoms with Gasteiger partial charge in [0.2, 0.25) is 11.8 Å². The van der Waals surface area contributed by atoms with Crippen molar-refractivity contribution in [2.75, 3.05) is 40.3 Å². The Labute approximate surface area is 131 Å². The van der Waals surface area contributed by atoms with Crippen molar-refractivity contribution in [1.82, 2.24) is 14.7 Å². The minimum absolute atomic E-state index is 0.0729. The number of piperazine rings is 1. The summed E-state index contributed by atoms with van der Waals surface area (Å²) in [6.45, 7) is 2.99. The van der Waals surface area contributed by atoms with E-state index in [1.165, 1.54) is 5.56 Å². The summed E-state index contributed by atoms with van der Waals surface area (Å²) in [6.07, 6.45) is 0.350. The van der Waals surface area contributed by atoms with E-state index >= 15 is 0 Å². The van der Waals surface area contributed by atoms with E-state index < -0.39 is 0 Å². The zero-order valence-electron chi connectivity index (χ0n) is 13.2. The van der Waals surface area contributed by atoms with Gasteiger partial charge in [-0.05, 0) is 12.6 Å². The molecule has 5 heteroatoms. The monoisotopic (exact) mass is 301 g/mol. The van der Waals surface area contributed by atoms with E-state index in [2.05, 4.69) is 24.1 Å². The van der Waals surface area contributed by atoms with Gasteiger partial charge in [-0.25, -0.2) is 0 Å². The number of likely N-dealkylation sites (tertiary alicyclic amines) is 1. The van der Waals surface area contributed by atoms with Crippen molar-refractivity contribution in [2.24, 2.45) is 5.92 Å². The molecule has 0 radical (unpaired) electrons. The molecule has 5 nitrogen and oxygen atoms in total. The number of amides is 2. The van der Waals surface area contributed by atoms with Crippen molar-refractivity contribution >= 4 is 11.8 Å². The molecule has 2 atom stereocenters. The quantitative estimate of drug-likeness (QED) is 0.818. The lowest BCUT2D eigenvalue weighted by Crippen LogP contribution is -2.51. The Morgan fingerprint density at radius 2 is 1.82 bits per heavy atom. The zero-order valence-corrected chi connectivity index (χ0v) is 13.2. The highest BCUT2D eigenvalue weighted by Gasteiger charge is 2.38. The molecule has 22 heavy (non-hydrogen) atoms. The molecule has 118 valence electrons. The van der Waals surface area contributed by atoms with Gasteiger partial charge in [-0.1, -0.05) is 30.3 Å². The highest BCUT2D eigenvalue weighted by Crippen LogP contribution is 2.28. The van der Waals surface area contributed by atoms with Crippen molar-refractivity contribution in [2.45, 2.75) is 12.5 Å². The van der Waals surface area contributed by atoms with Gasteiger partial charge in [-0.15, -0.1) is 0 Å². The van der Waals surface area contributed by atoms with Gasteiger partial charge in [0, 0.05) is 39.6 Å². The molecule has 2 saturated heterocycles. The zero-order chi connectivity index (χ0) is 15.7. The van der Waals surface area contributed by atoms with Gasteiger partial charge in [0.25, 0.3) is 0 Å². The van der Waals surface area contributed by atoms with Crippen LogP contribution in [0.4, 0.5) is 0 Å². The lowest BCUT2D eigenvalue weighted by Gasteiger charge is -2.41. The molecule has 0 bridgehead atoms. The highest BCUT2D eigenvalue weighted by atomic mass is 16.2. The Kier molecular flexibility index (Phi) is 4.16. The van der Waals surface area contributed by atoms with Crippen molar-refractivity contribution < 1.29 is 9.59 Å². The summed E-state index contributed by atoms with van der Waals surface area (Å²) >= 11 is 0. The van der Waals surface area contributed by atoms with E-state index in [4.69, 9.17) is 0 Å². The van der Waals surface area contributed by atoms with E-state index in [1.54, 1.807) is 11.9 Å². The van der Waals surface area contributed by atoms with Crippen molar-refractivity contribution in [1.29, 1.82) is 0 Å². The second kappa shape index (κ2) is 6.08. The topological polar surface area (TPSA) is 43.9 Å². The lowest BCUT2D eigenvalue weighted by molar-refractivity contribution is -0.140. The number of benzene rings is 1.